The highest BCUT2D eigenvalue weighted by Gasteiger charge is 2.29. The van der Waals surface area contributed by atoms with Gasteiger partial charge in [0, 0.05) is 38.1 Å². The van der Waals surface area contributed by atoms with Gasteiger partial charge < -0.3 is 28.9 Å². The molecule has 4 fully saturated rings. The molecule has 0 amide bonds. The van der Waals surface area contributed by atoms with Crippen molar-refractivity contribution in [2.75, 3.05) is 39.4 Å². The van der Waals surface area contributed by atoms with Gasteiger partial charge in [-0.15, -0.1) is 0 Å². The molecule has 2 aliphatic heterocycles. The third-order valence-electron chi connectivity index (χ3n) is 9.65. The maximum absolute atomic E-state index is 6.25. The zero-order chi connectivity index (χ0) is 26.5. The highest BCUT2D eigenvalue weighted by atomic mass is 16.5. The monoisotopic (exact) mass is 540 g/mol. The minimum absolute atomic E-state index is 0.310. The van der Waals surface area contributed by atoms with E-state index in [1.54, 1.807) is 12.5 Å². The summed E-state index contributed by atoms with van der Waals surface area (Å²) < 4.78 is 22.9. The van der Waals surface area contributed by atoms with E-state index in [2.05, 4.69) is 22.8 Å². The first-order chi connectivity index (χ1) is 19.4. The molecule has 2 saturated carbocycles. The average Bonchev–Trinajstić information content (AvgIpc) is 3.74. The molecule has 0 radical (unpaired) electrons. The fourth-order valence-corrected chi connectivity index (χ4v) is 7.22. The van der Waals surface area contributed by atoms with Gasteiger partial charge in [-0.25, -0.2) is 0 Å². The summed E-state index contributed by atoms with van der Waals surface area (Å²) in [5.74, 6) is 2.71. The van der Waals surface area contributed by atoms with Crippen LogP contribution in [0.4, 0.5) is 0 Å². The summed E-state index contributed by atoms with van der Waals surface area (Å²) in [6.45, 7) is 5.98. The third kappa shape index (κ3) is 8.94. The first kappa shape index (κ1) is 28.9. The van der Waals surface area contributed by atoms with E-state index in [0.29, 0.717) is 24.0 Å². The maximum Gasteiger partial charge on any atom is 0.0938 e. The largest absolute Gasteiger partial charge is 0.472 e. The van der Waals surface area contributed by atoms with Crippen LogP contribution in [-0.4, -0.2) is 51.6 Å². The molecule has 6 heteroatoms. The van der Waals surface area contributed by atoms with Crippen molar-refractivity contribution in [3.8, 4) is 0 Å². The molecule has 2 saturated heterocycles. The molecule has 2 aromatic heterocycles. The molecule has 218 valence electrons. The number of furan rings is 2. The maximum atomic E-state index is 6.25. The highest BCUT2D eigenvalue weighted by molar-refractivity contribution is 5.16. The van der Waals surface area contributed by atoms with Gasteiger partial charge in [0.25, 0.3) is 0 Å². The van der Waals surface area contributed by atoms with Gasteiger partial charge in [-0.3, -0.25) is 0 Å². The fraction of sp³-hybridized carbons (Fsp3) is 0.758. The number of hydrogen-bond acceptors (Lipinski definition) is 6. The Morgan fingerprint density at radius 3 is 1.72 bits per heavy atom. The Balaban J connectivity index is 0.000000158. The van der Waals surface area contributed by atoms with Gasteiger partial charge in [-0.1, -0.05) is 51.4 Å². The fourth-order valence-electron chi connectivity index (χ4n) is 7.22. The van der Waals surface area contributed by atoms with E-state index >= 15 is 0 Å². The molecule has 0 spiro atoms. The molecule has 2 N–H and O–H groups in total. The second-order valence-electron chi connectivity index (χ2n) is 12.4. The molecule has 6 nitrogen and oxygen atoms in total. The van der Waals surface area contributed by atoms with E-state index in [9.17, 15) is 0 Å². The lowest BCUT2D eigenvalue weighted by Crippen LogP contribution is -2.41. The van der Waals surface area contributed by atoms with Crippen LogP contribution in [0.15, 0.2) is 46.0 Å². The number of rotatable bonds is 9. The first-order valence-electron chi connectivity index (χ1n) is 16.1. The van der Waals surface area contributed by atoms with Crippen LogP contribution in [0.1, 0.15) is 106 Å². The van der Waals surface area contributed by atoms with Gasteiger partial charge in [0.15, 0.2) is 0 Å². The van der Waals surface area contributed by atoms with E-state index in [1.807, 2.05) is 12.5 Å². The van der Waals surface area contributed by atoms with Crippen LogP contribution in [0.5, 0.6) is 0 Å². The molecule has 4 unspecified atom stereocenters. The summed E-state index contributed by atoms with van der Waals surface area (Å²) in [5, 5.41) is 6.92. The van der Waals surface area contributed by atoms with Crippen molar-refractivity contribution in [3.05, 3.63) is 48.3 Å². The number of piperidine rings is 2. The van der Waals surface area contributed by atoms with E-state index in [-0.39, 0.29) is 0 Å². The molecule has 2 aromatic rings. The molecule has 0 aromatic carbocycles. The van der Waals surface area contributed by atoms with Crippen LogP contribution in [0, 0.1) is 11.8 Å². The van der Waals surface area contributed by atoms with Gasteiger partial charge in [0.1, 0.15) is 0 Å². The summed E-state index contributed by atoms with van der Waals surface area (Å²) in [6.07, 6.45) is 25.5. The van der Waals surface area contributed by atoms with Crippen LogP contribution in [0.2, 0.25) is 0 Å². The summed E-state index contributed by atoms with van der Waals surface area (Å²) in [4.78, 5) is 0. The van der Waals surface area contributed by atoms with Gasteiger partial charge in [-0.05, 0) is 80.3 Å². The lowest BCUT2D eigenvalue weighted by Gasteiger charge is -2.33. The molecular formula is C33H52N2O4. The first-order valence-corrected chi connectivity index (χ1v) is 16.1. The average molecular weight is 541 g/mol. The Morgan fingerprint density at radius 2 is 1.18 bits per heavy atom. The van der Waals surface area contributed by atoms with Crippen molar-refractivity contribution >= 4 is 0 Å². The Bertz CT molecular complexity index is 874. The summed E-state index contributed by atoms with van der Waals surface area (Å²) >= 11 is 0. The Labute approximate surface area is 236 Å². The van der Waals surface area contributed by atoms with E-state index < -0.39 is 0 Å². The zero-order valence-corrected chi connectivity index (χ0v) is 24.0. The van der Waals surface area contributed by atoms with Crippen LogP contribution in [0.3, 0.4) is 0 Å². The number of hydrogen-bond donors (Lipinski definition) is 2. The lowest BCUT2D eigenvalue weighted by molar-refractivity contribution is -0.00412. The summed E-state index contributed by atoms with van der Waals surface area (Å²) in [6, 6.07) is 4.18. The van der Waals surface area contributed by atoms with E-state index in [1.165, 1.54) is 81.8 Å². The second-order valence-corrected chi connectivity index (χ2v) is 12.4. The standard InChI is InChI=1S/C17H27NO2.C16H25NO2/c1-2-4-14(5-3-1)7-11-20-17-12-18-9-6-16(17)15-8-10-19-13-15;1-2-4-13(5-3-1)11-19-16-10-17-8-6-15(16)14-7-9-18-12-14/h8,10,13-14,16-18H,1-7,9,11-12H2;7,9,12-13,15-17H,1-6,8,10-11H2. The Kier molecular flexibility index (Phi) is 11.9. The minimum Gasteiger partial charge on any atom is -0.472 e. The third-order valence-corrected chi connectivity index (χ3v) is 9.65. The Morgan fingerprint density at radius 1 is 0.641 bits per heavy atom. The van der Waals surface area contributed by atoms with Gasteiger partial charge in [0.05, 0.1) is 37.3 Å². The zero-order valence-electron chi connectivity index (χ0n) is 24.0. The van der Waals surface area contributed by atoms with Crippen molar-refractivity contribution in [2.24, 2.45) is 11.8 Å². The Hall–Kier alpha value is -1.60. The molecule has 6 rings (SSSR count). The van der Waals surface area contributed by atoms with Crippen LogP contribution < -0.4 is 10.6 Å². The number of ether oxygens (including phenoxy) is 2. The second kappa shape index (κ2) is 16.0. The van der Waals surface area contributed by atoms with Crippen molar-refractivity contribution in [1.29, 1.82) is 0 Å². The molecule has 0 bridgehead atoms. The normalized spacial score (nSPS) is 29.0. The van der Waals surface area contributed by atoms with Crippen molar-refractivity contribution < 1.29 is 18.3 Å². The minimum atomic E-state index is 0.310. The van der Waals surface area contributed by atoms with Crippen molar-refractivity contribution in [3.63, 3.8) is 0 Å². The molecule has 4 aliphatic rings. The smallest absolute Gasteiger partial charge is 0.0938 e. The van der Waals surface area contributed by atoms with Crippen LogP contribution in [0.25, 0.3) is 0 Å². The van der Waals surface area contributed by atoms with Gasteiger partial charge >= 0.3 is 0 Å². The summed E-state index contributed by atoms with van der Waals surface area (Å²) in [5.41, 5.74) is 2.60. The highest BCUT2D eigenvalue weighted by Crippen LogP contribution is 2.31. The van der Waals surface area contributed by atoms with E-state index in [4.69, 9.17) is 18.3 Å². The predicted molar refractivity (Wildman–Crippen MR) is 155 cm³/mol. The van der Waals surface area contributed by atoms with Crippen molar-refractivity contribution in [1.82, 2.24) is 10.6 Å². The molecule has 4 atom stereocenters. The van der Waals surface area contributed by atoms with Crippen LogP contribution in [-0.2, 0) is 9.47 Å². The van der Waals surface area contributed by atoms with Gasteiger partial charge in [0.2, 0.25) is 0 Å². The summed E-state index contributed by atoms with van der Waals surface area (Å²) in [7, 11) is 0. The SMILES string of the molecule is c1cc(C2CCNCC2OCC2CCCCC2)co1.c1cc(C2CCNCC2OCCC2CCCCC2)co1. The topological polar surface area (TPSA) is 68.8 Å². The predicted octanol–water partition coefficient (Wildman–Crippen LogP) is 7.03. The van der Waals surface area contributed by atoms with Crippen molar-refractivity contribution in [2.45, 2.75) is 108 Å². The van der Waals surface area contributed by atoms with E-state index in [0.717, 1.165) is 64.1 Å². The molecule has 39 heavy (non-hydrogen) atoms. The molecular weight excluding hydrogens is 488 g/mol. The van der Waals surface area contributed by atoms with Crippen LogP contribution >= 0.6 is 0 Å². The number of nitrogens with one attached hydrogen (secondary N) is 2. The molecule has 4 heterocycles. The lowest BCUT2D eigenvalue weighted by atomic mass is 9.87. The quantitative estimate of drug-likeness (QED) is 0.356. The molecule has 2 aliphatic carbocycles. The van der Waals surface area contributed by atoms with Gasteiger partial charge in [-0.2, -0.15) is 0 Å².